The molecule has 25 heavy (non-hydrogen) atoms. The van der Waals surface area contributed by atoms with Gasteiger partial charge in [0, 0.05) is 16.8 Å². The van der Waals surface area contributed by atoms with Gasteiger partial charge < -0.3 is 5.32 Å². The molecule has 122 valence electrons. The first-order valence-electron chi connectivity index (χ1n) is 8.21. The van der Waals surface area contributed by atoms with Crippen LogP contribution >= 0.6 is 0 Å². The minimum atomic E-state index is -0.187. The number of nitrogens with zero attached hydrogens (tertiary/aromatic N) is 1. The van der Waals surface area contributed by atoms with E-state index in [1.807, 2.05) is 60.7 Å². The third-order valence-corrected chi connectivity index (χ3v) is 4.13. The van der Waals surface area contributed by atoms with Crippen LogP contribution in [0.25, 0.3) is 11.1 Å². The summed E-state index contributed by atoms with van der Waals surface area (Å²) >= 11 is 0. The zero-order chi connectivity index (χ0) is 17.6. The number of rotatable bonds is 4. The Balaban J connectivity index is 1.95. The fraction of sp³-hybridized carbons (Fsp3) is 0.0909. The molecule has 0 saturated carbocycles. The standard InChI is InChI=1S/C22H18N2O/c1-2-16-11-13-18(14-12-16)24-22(25)21-10-6-5-9-20(21)19-8-4-3-7-17(19)15-23/h3-14H,2H2,1H3,(H,24,25). The highest BCUT2D eigenvalue weighted by Crippen LogP contribution is 2.27. The van der Waals surface area contributed by atoms with Crippen LogP contribution in [-0.4, -0.2) is 5.91 Å². The number of aryl methyl sites for hydroxylation is 1. The van der Waals surface area contributed by atoms with Crippen molar-refractivity contribution in [2.45, 2.75) is 13.3 Å². The van der Waals surface area contributed by atoms with E-state index in [1.54, 1.807) is 12.1 Å². The Morgan fingerprint density at radius 2 is 1.56 bits per heavy atom. The minimum absolute atomic E-state index is 0.187. The van der Waals surface area contributed by atoms with E-state index in [2.05, 4.69) is 18.3 Å². The fourth-order valence-electron chi connectivity index (χ4n) is 2.75. The van der Waals surface area contributed by atoms with Gasteiger partial charge in [-0.2, -0.15) is 5.26 Å². The second-order valence-corrected chi connectivity index (χ2v) is 5.71. The summed E-state index contributed by atoms with van der Waals surface area (Å²) in [5.74, 6) is -0.187. The molecule has 0 heterocycles. The number of carbonyl (C=O) groups is 1. The van der Waals surface area contributed by atoms with Crippen LogP contribution < -0.4 is 5.32 Å². The van der Waals surface area contributed by atoms with Crippen LogP contribution in [0.3, 0.4) is 0 Å². The first kappa shape index (κ1) is 16.5. The highest BCUT2D eigenvalue weighted by Gasteiger charge is 2.14. The van der Waals surface area contributed by atoms with Crippen molar-refractivity contribution in [3.8, 4) is 17.2 Å². The summed E-state index contributed by atoms with van der Waals surface area (Å²) in [6.45, 7) is 2.09. The number of carbonyl (C=O) groups excluding carboxylic acids is 1. The van der Waals surface area contributed by atoms with Crippen LogP contribution in [0, 0.1) is 11.3 Å². The van der Waals surface area contributed by atoms with E-state index in [-0.39, 0.29) is 5.91 Å². The second kappa shape index (κ2) is 7.46. The maximum Gasteiger partial charge on any atom is 0.256 e. The largest absolute Gasteiger partial charge is 0.322 e. The van der Waals surface area contributed by atoms with Gasteiger partial charge in [0.15, 0.2) is 0 Å². The van der Waals surface area contributed by atoms with Gasteiger partial charge in [0.2, 0.25) is 0 Å². The van der Waals surface area contributed by atoms with Crippen molar-refractivity contribution in [3.63, 3.8) is 0 Å². The Kier molecular flexibility index (Phi) is 4.92. The molecule has 0 atom stereocenters. The van der Waals surface area contributed by atoms with Gasteiger partial charge >= 0.3 is 0 Å². The van der Waals surface area contributed by atoms with Gasteiger partial charge in [0.25, 0.3) is 5.91 Å². The molecule has 1 N–H and O–H groups in total. The molecule has 0 aromatic heterocycles. The molecule has 0 saturated heterocycles. The van der Waals surface area contributed by atoms with Crippen molar-refractivity contribution in [2.24, 2.45) is 0 Å². The quantitative estimate of drug-likeness (QED) is 0.730. The summed E-state index contributed by atoms with van der Waals surface area (Å²) in [7, 11) is 0. The van der Waals surface area contributed by atoms with E-state index in [9.17, 15) is 10.1 Å². The molecule has 0 radical (unpaired) electrons. The lowest BCUT2D eigenvalue weighted by atomic mass is 9.95. The number of anilines is 1. The third kappa shape index (κ3) is 3.59. The summed E-state index contributed by atoms with van der Waals surface area (Å²) in [4.78, 5) is 12.8. The normalized spacial score (nSPS) is 10.1. The Bertz CT molecular complexity index is 937. The number of hydrogen-bond acceptors (Lipinski definition) is 2. The zero-order valence-electron chi connectivity index (χ0n) is 14.0. The van der Waals surface area contributed by atoms with E-state index in [4.69, 9.17) is 0 Å². The molecule has 0 unspecified atom stereocenters. The van der Waals surface area contributed by atoms with Crippen molar-refractivity contribution in [1.82, 2.24) is 0 Å². The molecular formula is C22H18N2O. The number of hydrogen-bond donors (Lipinski definition) is 1. The molecule has 0 spiro atoms. The lowest BCUT2D eigenvalue weighted by molar-refractivity contribution is 0.102. The average molecular weight is 326 g/mol. The van der Waals surface area contributed by atoms with Gasteiger partial charge in [-0.15, -0.1) is 0 Å². The van der Waals surface area contributed by atoms with Gasteiger partial charge in [-0.3, -0.25) is 4.79 Å². The second-order valence-electron chi connectivity index (χ2n) is 5.71. The molecule has 0 aliphatic rings. The van der Waals surface area contributed by atoms with Gasteiger partial charge in [0.05, 0.1) is 11.6 Å². The molecule has 0 fully saturated rings. The summed E-state index contributed by atoms with van der Waals surface area (Å²) in [5.41, 5.74) is 4.59. The molecule has 1 amide bonds. The summed E-state index contributed by atoms with van der Waals surface area (Å²) in [6, 6.07) is 24.7. The van der Waals surface area contributed by atoms with Gasteiger partial charge in [-0.05, 0) is 41.8 Å². The Labute approximate surface area is 147 Å². The van der Waals surface area contributed by atoms with Crippen molar-refractivity contribution < 1.29 is 4.79 Å². The summed E-state index contributed by atoms with van der Waals surface area (Å²) < 4.78 is 0. The smallest absolute Gasteiger partial charge is 0.256 e. The first-order chi connectivity index (χ1) is 12.2. The van der Waals surface area contributed by atoms with Crippen LogP contribution in [-0.2, 0) is 6.42 Å². The number of nitriles is 1. The minimum Gasteiger partial charge on any atom is -0.322 e. The molecule has 0 aliphatic heterocycles. The fourth-order valence-corrected chi connectivity index (χ4v) is 2.75. The predicted octanol–water partition coefficient (Wildman–Crippen LogP) is 5.04. The van der Waals surface area contributed by atoms with Crippen molar-refractivity contribution >= 4 is 11.6 Å². The predicted molar refractivity (Wildman–Crippen MR) is 100 cm³/mol. The lowest BCUT2D eigenvalue weighted by Crippen LogP contribution is -2.13. The Morgan fingerprint density at radius 3 is 2.24 bits per heavy atom. The van der Waals surface area contributed by atoms with Crippen molar-refractivity contribution in [3.05, 3.63) is 89.5 Å². The van der Waals surface area contributed by atoms with Crippen LogP contribution in [0.2, 0.25) is 0 Å². The van der Waals surface area contributed by atoms with Crippen LogP contribution in [0.4, 0.5) is 5.69 Å². The molecule has 3 rings (SSSR count). The molecular weight excluding hydrogens is 308 g/mol. The van der Waals surface area contributed by atoms with Gasteiger partial charge in [-0.1, -0.05) is 55.5 Å². The van der Waals surface area contributed by atoms with E-state index >= 15 is 0 Å². The maximum atomic E-state index is 12.8. The van der Waals surface area contributed by atoms with Crippen molar-refractivity contribution in [1.29, 1.82) is 5.26 Å². The highest BCUT2D eigenvalue weighted by atomic mass is 16.1. The van der Waals surface area contributed by atoms with E-state index < -0.39 is 0 Å². The number of nitrogens with one attached hydrogen (secondary N) is 1. The Morgan fingerprint density at radius 1 is 0.920 bits per heavy atom. The lowest BCUT2D eigenvalue weighted by Gasteiger charge is -2.12. The Hall–Kier alpha value is -3.38. The monoisotopic (exact) mass is 326 g/mol. The maximum absolute atomic E-state index is 12.8. The number of amides is 1. The molecule has 3 heteroatoms. The van der Waals surface area contributed by atoms with E-state index in [0.717, 1.165) is 23.2 Å². The number of benzene rings is 3. The average Bonchev–Trinajstić information content (AvgIpc) is 2.68. The molecule has 3 aromatic carbocycles. The highest BCUT2D eigenvalue weighted by molar-refractivity contribution is 6.09. The summed E-state index contributed by atoms with van der Waals surface area (Å²) in [6.07, 6.45) is 0.960. The van der Waals surface area contributed by atoms with E-state index in [0.29, 0.717) is 11.1 Å². The molecule has 3 aromatic rings. The van der Waals surface area contributed by atoms with Gasteiger partial charge in [0.1, 0.15) is 0 Å². The van der Waals surface area contributed by atoms with Crippen LogP contribution in [0.1, 0.15) is 28.4 Å². The molecule has 0 bridgehead atoms. The third-order valence-electron chi connectivity index (χ3n) is 4.13. The SMILES string of the molecule is CCc1ccc(NC(=O)c2ccccc2-c2ccccc2C#N)cc1. The molecule has 3 nitrogen and oxygen atoms in total. The van der Waals surface area contributed by atoms with E-state index in [1.165, 1.54) is 5.56 Å². The van der Waals surface area contributed by atoms with Gasteiger partial charge in [-0.25, -0.2) is 0 Å². The first-order valence-corrected chi connectivity index (χ1v) is 8.21. The summed E-state index contributed by atoms with van der Waals surface area (Å²) in [5, 5.41) is 12.3. The van der Waals surface area contributed by atoms with Crippen LogP contribution in [0.5, 0.6) is 0 Å². The van der Waals surface area contributed by atoms with Crippen molar-refractivity contribution in [2.75, 3.05) is 5.32 Å². The van der Waals surface area contributed by atoms with Crippen LogP contribution in [0.15, 0.2) is 72.8 Å². The topological polar surface area (TPSA) is 52.9 Å². The molecule has 0 aliphatic carbocycles. The zero-order valence-corrected chi connectivity index (χ0v) is 14.0.